The normalized spacial score (nSPS) is 19.7. The Morgan fingerprint density at radius 3 is 2.50 bits per heavy atom. The Labute approximate surface area is 60.0 Å². The van der Waals surface area contributed by atoms with Crippen LogP contribution >= 0.6 is 0 Å². The van der Waals surface area contributed by atoms with Crippen molar-refractivity contribution in [3.63, 3.8) is 0 Å². The van der Waals surface area contributed by atoms with Gasteiger partial charge < -0.3 is 10.6 Å². The summed E-state index contributed by atoms with van der Waals surface area (Å²) in [4.78, 5) is 2.00. The summed E-state index contributed by atoms with van der Waals surface area (Å²) in [5, 5.41) is 3.65. The molecule has 0 aromatic rings. The van der Waals surface area contributed by atoms with Crippen molar-refractivity contribution < 1.29 is 0 Å². The van der Waals surface area contributed by atoms with Gasteiger partial charge in [-0.05, 0) is 12.8 Å². The zero-order valence-corrected chi connectivity index (χ0v) is 5.88. The molecule has 5 nitrogen and oxygen atoms in total. The van der Waals surface area contributed by atoms with E-state index in [2.05, 4.69) is 10.6 Å². The molecule has 1 heterocycles. The van der Waals surface area contributed by atoms with Crippen molar-refractivity contribution in [2.45, 2.75) is 12.8 Å². The van der Waals surface area contributed by atoms with Gasteiger partial charge in [0, 0.05) is 13.1 Å². The van der Waals surface area contributed by atoms with Gasteiger partial charge >= 0.3 is 0 Å². The number of rotatable bonds is 1. The molecule has 0 bridgehead atoms. The van der Waals surface area contributed by atoms with Crippen LogP contribution in [0.25, 0.3) is 0 Å². The minimum absolute atomic E-state index is 0.486. The molecule has 0 saturated carbocycles. The highest BCUT2D eigenvalue weighted by molar-refractivity contribution is 5.77. The van der Waals surface area contributed by atoms with Crippen LogP contribution in [0.5, 0.6) is 0 Å². The highest BCUT2D eigenvalue weighted by Crippen LogP contribution is 2.05. The first kappa shape index (κ1) is 7.14. The van der Waals surface area contributed by atoms with Crippen LogP contribution in [-0.2, 0) is 0 Å². The molecule has 1 aliphatic heterocycles. The van der Waals surface area contributed by atoms with E-state index < -0.39 is 0 Å². The minimum Gasteiger partial charge on any atom is -0.368 e. The van der Waals surface area contributed by atoms with Gasteiger partial charge in [-0.3, -0.25) is 0 Å². The number of hydrazine groups is 1. The van der Waals surface area contributed by atoms with E-state index in [9.17, 15) is 0 Å². The molecule has 1 aliphatic rings. The molecule has 0 atom stereocenters. The molecule has 10 heavy (non-hydrogen) atoms. The van der Waals surface area contributed by atoms with Gasteiger partial charge in [0.2, 0.25) is 5.96 Å². The highest BCUT2D eigenvalue weighted by atomic mass is 15.5. The summed E-state index contributed by atoms with van der Waals surface area (Å²) in [7, 11) is 0. The Balaban J connectivity index is 2.39. The SMILES string of the molecule is NN/N=C(\N)N1CCCC1. The van der Waals surface area contributed by atoms with Crippen LogP contribution in [0.15, 0.2) is 5.10 Å². The topological polar surface area (TPSA) is 79.7 Å². The summed E-state index contributed by atoms with van der Waals surface area (Å²) in [6.45, 7) is 1.99. The molecule has 1 saturated heterocycles. The zero-order chi connectivity index (χ0) is 7.40. The van der Waals surface area contributed by atoms with E-state index in [1.54, 1.807) is 0 Å². The van der Waals surface area contributed by atoms with Gasteiger partial charge in [0.1, 0.15) is 0 Å². The molecular formula is C5H13N5. The van der Waals surface area contributed by atoms with Gasteiger partial charge in [-0.15, -0.1) is 5.10 Å². The van der Waals surface area contributed by atoms with Gasteiger partial charge in [0.05, 0.1) is 0 Å². The first-order chi connectivity index (χ1) is 4.84. The monoisotopic (exact) mass is 143 g/mol. The molecule has 0 unspecified atom stereocenters. The van der Waals surface area contributed by atoms with Gasteiger partial charge in [-0.1, -0.05) is 0 Å². The largest absolute Gasteiger partial charge is 0.368 e. The van der Waals surface area contributed by atoms with Crippen LogP contribution in [0.3, 0.4) is 0 Å². The third-order valence-corrected chi connectivity index (χ3v) is 1.61. The maximum Gasteiger partial charge on any atom is 0.215 e. The van der Waals surface area contributed by atoms with Gasteiger partial charge in [0.25, 0.3) is 0 Å². The molecule has 0 amide bonds. The van der Waals surface area contributed by atoms with Crippen LogP contribution in [0.4, 0.5) is 0 Å². The molecule has 5 heteroatoms. The minimum atomic E-state index is 0.486. The predicted molar refractivity (Wildman–Crippen MR) is 39.8 cm³/mol. The quantitative estimate of drug-likeness (QED) is 0.186. The molecule has 0 aromatic carbocycles. The number of nitrogens with two attached hydrogens (primary N) is 2. The van der Waals surface area contributed by atoms with Crippen molar-refractivity contribution >= 4 is 5.96 Å². The van der Waals surface area contributed by atoms with Crippen LogP contribution < -0.4 is 17.1 Å². The fraction of sp³-hybridized carbons (Fsp3) is 0.800. The number of hydrazone groups is 1. The molecular weight excluding hydrogens is 130 g/mol. The van der Waals surface area contributed by atoms with Crippen molar-refractivity contribution in [2.75, 3.05) is 13.1 Å². The Kier molecular flexibility index (Phi) is 2.33. The standard InChI is InChI=1S/C5H13N5/c6-5(8-9-7)10-3-1-2-4-10/h9H,1-4,7H2,(H2,6,8). The lowest BCUT2D eigenvalue weighted by molar-refractivity contribution is 0.505. The maximum atomic E-state index is 5.52. The lowest BCUT2D eigenvalue weighted by Crippen LogP contribution is -2.37. The van der Waals surface area contributed by atoms with Crippen LogP contribution in [0.2, 0.25) is 0 Å². The summed E-state index contributed by atoms with van der Waals surface area (Å²) in [6, 6.07) is 0. The summed E-state index contributed by atoms with van der Waals surface area (Å²) < 4.78 is 0. The summed E-state index contributed by atoms with van der Waals surface area (Å²) >= 11 is 0. The van der Waals surface area contributed by atoms with Crippen LogP contribution in [-0.4, -0.2) is 23.9 Å². The fourth-order valence-electron chi connectivity index (χ4n) is 1.08. The molecule has 0 aliphatic carbocycles. The van der Waals surface area contributed by atoms with E-state index in [1.807, 2.05) is 4.90 Å². The molecule has 1 fully saturated rings. The van der Waals surface area contributed by atoms with Crippen molar-refractivity contribution in [3.05, 3.63) is 0 Å². The number of nitrogens with one attached hydrogen (secondary N) is 1. The Hall–Kier alpha value is -0.970. The second kappa shape index (κ2) is 3.26. The van der Waals surface area contributed by atoms with E-state index in [0.29, 0.717) is 5.96 Å². The molecule has 0 radical (unpaired) electrons. The Morgan fingerprint density at radius 1 is 1.40 bits per heavy atom. The van der Waals surface area contributed by atoms with Gasteiger partial charge in [-0.25, -0.2) is 11.4 Å². The van der Waals surface area contributed by atoms with Crippen molar-refractivity contribution in [1.29, 1.82) is 0 Å². The average molecular weight is 143 g/mol. The number of likely N-dealkylation sites (tertiary alicyclic amines) is 1. The van der Waals surface area contributed by atoms with E-state index >= 15 is 0 Å². The first-order valence-electron chi connectivity index (χ1n) is 3.38. The number of guanidine groups is 1. The number of hydrogen-bond acceptors (Lipinski definition) is 3. The van der Waals surface area contributed by atoms with E-state index in [-0.39, 0.29) is 0 Å². The third kappa shape index (κ3) is 1.51. The Morgan fingerprint density at radius 2 is 2.00 bits per heavy atom. The fourth-order valence-corrected chi connectivity index (χ4v) is 1.08. The summed E-state index contributed by atoms with van der Waals surface area (Å²) in [6.07, 6.45) is 2.39. The Bertz CT molecular complexity index is 126. The third-order valence-electron chi connectivity index (χ3n) is 1.61. The predicted octanol–water partition coefficient (Wildman–Crippen LogP) is -1.22. The number of nitrogens with zero attached hydrogens (tertiary/aromatic N) is 2. The molecule has 5 N–H and O–H groups in total. The summed E-state index contributed by atoms with van der Waals surface area (Å²) in [5.41, 5.74) is 7.69. The second-order valence-corrected chi connectivity index (χ2v) is 2.29. The second-order valence-electron chi connectivity index (χ2n) is 2.29. The smallest absolute Gasteiger partial charge is 0.215 e. The highest BCUT2D eigenvalue weighted by Gasteiger charge is 2.12. The van der Waals surface area contributed by atoms with Crippen molar-refractivity contribution in [3.8, 4) is 0 Å². The van der Waals surface area contributed by atoms with E-state index in [4.69, 9.17) is 11.6 Å². The molecule has 1 rings (SSSR count). The van der Waals surface area contributed by atoms with Gasteiger partial charge in [-0.2, -0.15) is 0 Å². The van der Waals surface area contributed by atoms with E-state index in [1.165, 1.54) is 12.8 Å². The molecule has 0 aromatic heterocycles. The lowest BCUT2D eigenvalue weighted by atomic mass is 10.4. The van der Waals surface area contributed by atoms with Gasteiger partial charge in [0.15, 0.2) is 0 Å². The maximum absolute atomic E-state index is 5.52. The number of hydrogen-bond donors (Lipinski definition) is 3. The van der Waals surface area contributed by atoms with Crippen molar-refractivity contribution in [2.24, 2.45) is 16.7 Å². The summed E-state index contributed by atoms with van der Waals surface area (Å²) in [5.74, 6) is 5.44. The van der Waals surface area contributed by atoms with Crippen LogP contribution in [0.1, 0.15) is 12.8 Å². The first-order valence-corrected chi connectivity index (χ1v) is 3.38. The molecule has 58 valence electrons. The van der Waals surface area contributed by atoms with Crippen molar-refractivity contribution in [1.82, 2.24) is 10.4 Å². The van der Waals surface area contributed by atoms with Crippen LogP contribution in [0, 0.1) is 0 Å². The zero-order valence-electron chi connectivity index (χ0n) is 5.88. The average Bonchev–Trinajstić information content (AvgIpc) is 2.38. The molecule has 0 spiro atoms. The lowest BCUT2D eigenvalue weighted by Gasteiger charge is -2.14. The van der Waals surface area contributed by atoms with E-state index in [0.717, 1.165) is 13.1 Å².